The zero-order valence-corrected chi connectivity index (χ0v) is 13.1. The topological polar surface area (TPSA) is 67.0 Å². The van der Waals surface area contributed by atoms with Crippen LogP contribution in [0.15, 0.2) is 36.9 Å². The zero-order chi connectivity index (χ0) is 15.9. The Bertz CT molecular complexity index is 649. The Morgan fingerprint density at radius 2 is 2.35 bits per heavy atom. The molecule has 1 atom stereocenters. The summed E-state index contributed by atoms with van der Waals surface area (Å²) < 4.78 is 7.69. The highest BCUT2D eigenvalue weighted by molar-refractivity contribution is 5.36. The van der Waals surface area contributed by atoms with E-state index in [0.29, 0.717) is 18.1 Å². The number of hydrogen-bond donors (Lipinski definition) is 0. The van der Waals surface area contributed by atoms with Crippen molar-refractivity contribution in [3.8, 4) is 11.8 Å². The molecule has 1 aromatic heterocycles. The highest BCUT2D eigenvalue weighted by Gasteiger charge is 2.20. The summed E-state index contributed by atoms with van der Waals surface area (Å²) >= 11 is 0. The molecule has 1 saturated heterocycles. The average molecular weight is 311 g/mol. The van der Waals surface area contributed by atoms with Crippen LogP contribution in [0.1, 0.15) is 18.4 Å². The normalized spacial score (nSPS) is 18.5. The van der Waals surface area contributed by atoms with Crippen LogP contribution in [0.2, 0.25) is 0 Å². The van der Waals surface area contributed by atoms with Crippen molar-refractivity contribution in [1.82, 2.24) is 19.7 Å². The van der Waals surface area contributed by atoms with Crippen molar-refractivity contribution in [2.45, 2.75) is 19.4 Å². The maximum atomic E-state index is 8.90. The van der Waals surface area contributed by atoms with E-state index in [1.165, 1.54) is 12.8 Å². The standard InChI is InChI=1S/C17H21N5O/c18-10-15-3-1-5-17(9-15)23-8-7-21-6-2-4-16(11-21)12-22-14-19-13-20-22/h1,3,5,9,13-14,16H,2,4,6-8,11-12H2/t16-/m0/s1. The molecule has 1 aliphatic heterocycles. The van der Waals surface area contributed by atoms with Gasteiger partial charge in [-0.05, 0) is 43.5 Å². The van der Waals surface area contributed by atoms with E-state index in [-0.39, 0.29) is 0 Å². The first-order valence-electron chi connectivity index (χ1n) is 8.01. The number of ether oxygens (including phenoxy) is 1. The molecule has 23 heavy (non-hydrogen) atoms. The number of nitriles is 1. The minimum atomic E-state index is 0.618. The van der Waals surface area contributed by atoms with E-state index < -0.39 is 0 Å². The predicted molar refractivity (Wildman–Crippen MR) is 85.8 cm³/mol. The average Bonchev–Trinajstić information content (AvgIpc) is 3.08. The number of benzene rings is 1. The number of aromatic nitrogens is 3. The minimum Gasteiger partial charge on any atom is -0.492 e. The largest absolute Gasteiger partial charge is 0.492 e. The van der Waals surface area contributed by atoms with Crippen LogP contribution in [0.4, 0.5) is 0 Å². The number of piperidine rings is 1. The van der Waals surface area contributed by atoms with Crippen molar-refractivity contribution in [2.24, 2.45) is 5.92 Å². The molecule has 3 rings (SSSR count). The maximum Gasteiger partial charge on any atom is 0.137 e. The second-order valence-electron chi connectivity index (χ2n) is 5.91. The second kappa shape index (κ2) is 7.75. The molecule has 1 aliphatic rings. The number of rotatable bonds is 6. The summed E-state index contributed by atoms with van der Waals surface area (Å²) in [6, 6.07) is 9.44. The second-order valence-corrected chi connectivity index (χ2v) is 5.91. The molecule has 0 amide bonds. The van der Waals surface area contributed by atoms with Crippen molar-refractivity contribution in [3.05, 3.63) is 42.5 Å². The van der Waals surface area contributed by atoms with E-state index in [9.17, 15) is 0 Å². The van der Waals surface area contributed by atoms with Crippen LogP contribution in [0, 0.1) is 17.2 Å². The molecule has 0 aliphatic carbocycles. The monoisotopic (exact) mass is 311 g/mol. The molecule has 6 heteroatoms. The summed E-state index contributed by atoms with van der Waals surface area (Å²) in [5.41, 5.74) is 0.633. The van der Waals surface area contributed by atoms with Crippen molar-refractivity contribution in [2.75, 3.05) is 26.2 Å². The lowest BCUT2D eigenvalue weighted by atomic mass is 9.98. The fourth-order valence-corrected chi connectivity index (χ4v) is 3.04. The van der Waals surface area contributed by atoms with Gasteiger partial charge in [0.2, 0.25) is 0 Å². The van der Waals surface area contributed by atoms with Crippen LogP contribution in [0.5, 0.6) is 5.75 Å². The van der Waals surface area contributed by atoms with Gasteiger partial charge in [-0.2, -0.15) is 10.4 Å². The van der Waals surface area contributed by atoms with E-state index in [4.69, 9.17) is 10.00 Å². The molecule has 0 radical (unpaired) electrons. The highest BCUT2D eigenvalue weighted by atomic mass is 16.5. The van der Waals surface area contributed by atoms with E-state index in [1.54, 1.807) is 24.8 Å². The predicted octanol–water partition coefficient (Wildman–Crippen LogP) is 1.94. The fraction of sp³-hybridized carbons (Fsp3) is 0.471. The number of likely N-dealkylation sites (tertiary alicyclic amines) is 1. The minimum absolute atomic E-state index is 0.618. The maximum absolute atomic E-state index is 8.90. The lowest BCUT2D eigenvalue weighted by Gasteiger charge is -2.32. The molecular formula is C17H21N5O. The van der Waals surface area contributed by atoms with Crippen LogP contribution in [0.3, 0.4) is 0 Å². The van der Waals surface area contributed by atoms with E-state index in [1.807, 2.05) is 16.8 Å². The molecule has 0 N–H and O–H groups in total. The van der Waals surface area contributed by atoms with Crippen molar-refractivity contribution >= 4 is 0 Å². The van der Waals surface area contributed by atoms with Gasteiger partial charge in [0.1, 0.15) is 25.0 Å². The zero-order valence-electron chi connectivity index (χ0n) is 13.1. The van der Waals surface area contributed by atoms with Gasteiger partial charge in [0, 0.05) is 19.6 Å². The summed E-state index contributed by atoms with van der Waals surface area (Å²) in [7, 11) is 0. The Labute approximate surface area is 136 Å². The van der Waals surface area contributed by atoms with Crippen LogP contribution < -0.4 is 4.74 Å². The third-order valence-electron chi connectivity index (χ3n) is 4.15. The van der Waals surface area contributed by atoms with Gasteiger partial charge in [-0.15, -0.1) is 0 Å². The molecule has 120 valence electrons. The van der Waals surface area contributed by atoms with E-state index in [2.05, 4.69) is 21.1 Å². The van der Waals surface area contributed by atoms with Gasteiger partial charge in [0.15, 0.2) is 0 Å². The van der Waals surface area contributed by atoms with E-state index in [0.717, 1.165) is 31.9 Å². The summed E-state index contributed by atoms with van der Waals surface area (Å²) in [5.74, 6) is 1.38. The molecule has 2 heterocycles. The third-order valence-corrected chi connectivity index (χ3v) is 4.15. The molecule has 0 unspecified atom stereocenters. The molecule has 6 nitrogen and oxygen atoms in total. The molecular weight excluding hydrogens is 290 g/mol. The first-order chi connectivity index (χ1) is 11.3. The SMILES string of the molecule is N#Cc1cccc(OCCN2CCC[C@H](Cn3cncn3)C2)c1. The quantitative estimate of drug-likeness (QED) is 0.815. The summed E-state index contributed by atoms with van der Waals surface area (Å²) in [5, 5.41) is 13.1. The van der Waals surface area contributed by atoms with Crippen LogP contribution >= 0.6 is 0 Å². The first kappa shape index (κ1) is 15.5. The molecule has 1 aromatic carbocycles. The summed E-state index contributed by atoms with van der Waals surface area (Å²) in [4.78, 5) is 6.44. The van der Waals surface area contributed by atoms with Gasteiger partial charge in [-0.25, -0.2) is 4.98 Å². The number of nitrogens with zero attached hydrogens (tertiary/aromatic N) is 5. The fourth-order valence-electron chi connectivity index (χ4n) is 3.04. The summed E-state index contributed by atoms with van der Waals surface area (Å²) in [6.45, 7) is 4.67. The van der Waals surface area contributed by atoms with Crippen LogP contribution in [-0.2, 0) is 6.54 Å². The molecule has 1 fully saturated rings. The van der Waals surface area contributed by atoms with Gasteiger partial charge in [0.05, 0.1) is 11.6 Å². The lowest BCUT2D eigenvalue weighted by Crippen LogP contribution is -2.39. The third kappa shape index (κ3) is 4.54. The van der Waals surface area contributed by atoms with Gasteiger partial charge in [-0.1, -0.05) is 6.07 Å². The highest BCUT2D eigenvalue weighted by Crippen LogP contribution is 2.18. The Balaban J connectivity index is 1.43. The van der Waals surface area contributed by atoms with E-state index >= 15 is 0 Å². The Morgan fingerprint density at radius 1 is 1.39 bits per heavy atom. The Hall–Kier alpha value is -2.39. The van der Waals surface area contributed by atoms with Gasteiger partial charge in [-0.3, -0.25) is 9.58 Å². The van der Waals surface area contributed by atoms with Crippen LogP contribution in [-0.4, -0.2) is 45.9 Å². The van der Waals surface area contributed by atoms with Gasteiger partial charge < -0.3 is 4.74 Å². The first-order valence-corrected chi connectivity index (χ1v) is 8.01. The Kier molecular flexibility index (Phi) is 5.22. The van der Waals surface area contributed by atoms with Crippen molar-refractivity contribution in [1.29, 1.82) is 5.26 Å². The smallest absolute Gasteiger partial charge is 0.137 e. The Morgan fingerprint density at radius 3 is 3.17 bits per heavy atom. The molecule has 2 aromatic rings. The summed E-state index contributed by atoms with van der Waals surface area (Å²) in [6.07, 6.45) is 5.82. The molecule has 0 bridgehead atoms. The van der Waals surface area contributed by atoms with Gasteiger partial charge in [0.25, 0.3) is 0 Å². The molecule has 0 spiro atoms. The lowest BCUT2D eigenvalue weighted by molar-refractivity contribution is 0.136. The van der Waals surface area contributed by atoms with Crippen LogP contribution in [0.25, 0.3) is 0 Å². The van der Waals surface area contributed by atoms with Crippen molar-refractivity contribution in [3.63, 3.8) is 0 Å². The van der Waals surface area contributed by atoms with Crippen molar-refractivity contribution < 1.29 is 4.74 Å². The molecule has 0 saturated carbocycles. The number of hydrogen-bond acceptors (Lipinski definition) is 5. The van der Waals surface area contributed by atoms with Gasteiger partial charge >= 0.3 is 0 Å².